The highest BCUT2D eigenvalue weighted by molar-refractivity contribution is 7.89. The van der Waals surface area contributed by atoms with Gasteiger partial charge in [0.05, 0.1) is 4.90 Å². The van der Waals surface area contributed by atoms with Crippen LogP contribution in [0.5, 0.6) is 0 Å². The lowest BCUT2D eigenvalue weighted by atomic mass is 10.0. The molecule has 2 aromatic heterocycles. The van der Waals surface area contributed by atoms with Crippen LogP contribution in [0.3, 0.4) is 0 Å². The third-order valence-electron chi connectivity index (χ3n) is 5.48. The number of nitrogens with zero attached hydrogens (tertiary/aromatic N) is 2. The third kappa shape index (κ3) is 3.45. The molecule has 3 aromatic rings. The van der Waals surface area contributed by atoms with E-state index in [1.807, 2.05) is 18.2 Å². The number of aromatic nitrogens is 2. The van der Waals surface area contributed by atoms with Crippen molar-refractivity contribution in [2.45, 2.75) is 43.5 Å². The molecular weight excluding hydrogens is 372 g/mol. The molecule has 0 atom stereocenters. The Morgan fingerprint density at radius 2 is 1.82 bits per heavy atom. The lowest BCUT2D eigenvalue weighted by Crippen LogP contribution is -2.42. The number of hydrogen-bond donors (Lipinski definition) is 2. The maximum atomic E-state index is 12.9. The van der Waals surface area contributed by atoms with Gasteiger partial charge in [-0.1, -0.05) is 26.0 Å². The van der Waals surface area contributed by atoms with Crippen LogP contribution < -0.4 is 5.73 Å². The molecule has 0 amide bonds. The fraction of sp³-hybridized carbons (Fsp3) is 0.381. The van der Waals surface area contributed by atoms with Gasteiger partial charge in [-0.15, -0.1) is 0 Å². The fourth-order valence-corrected chi connectivity index (χ4v) is 5.15. The summed E-state index contributed by atoms with van der Waals surface area (Å²) in [4.78, 5) is 8.12. The van der Waals surface area contributed by atoms with Crippen LogP contribution in [0.2, 0.25) is 0 Å². The summed E-state index contributed by atoms with van der Waals surface area (Å²) in [5.74, 6) is 0.382. The molecule has 0 bridgehead atoms. The smallest absolute Gasteiger partial charge is 0.243 e. The first-order valence-corrected chi connectivity index (χ1v) is 11.1. The summed E-state index contributed by atoms with van der Waals surface area (Å²) in [5, 5.41) is 1.05. The monoisotopic (exact) mass is 398 g/mol. The summed E-state index contributed by atoms with van der Waals surface area (Å²) in [6.45, 7) is 5.24. The summed E-state index contributed by atoms with van der Waals surface area (Å²) in [6, 6.07) is 11.3. The van der Waals surface area contributed by atoms with Crippen molar-refractivity contribution in [3.05, 3.63) is 48.3 Å². The van der Waals surface area contributed by atoms with E-state index in [9.17, 15) is 8.42 Å². The number of pyridine rings is 1. The zero-order valence-electron chi connectivity index (χ0n) is 16.2. The van der Waals surface area contributed by atoms with Gasteiger partial charge in [-0.2, -0.15) is 4.31 Å². The molecule has 1 fully saturated rings. The number of fused-ring (bicyclic) bond motifs is 1. The SMILES string of the molecule is CC(C)c1cc2c(-c3ccc(S(=O)(=O)N4CCC(N)CC4)cc3)ccnc2[nH]1. The van der Waals surface area contributed by atoms with E-state index in [0.717, 1.165) is 27.9 Å². The van der Waals surface area contributed by atoms with Crippen LogP contribution in [0.25, 0.3) is 22.2 Å². The van der Waals surface area contributed by atoms with Gasteiger partial charge in [0.15, 0.2) is 0 Å². The standard InChI is InChI=1S/C21H26N4O2S/c1-14(2)20-13-19-18(7-10-23-21(19)24-20)15-3-5-17(6-4-15)28(26,27)25-11-8-16(22)9-12-25/h3-7,10,13-14,16H,8-9,11-12,22H2,1-2H3,(H,23,24). The summed E-state index contributed by atoms with van der Waals surface area (Å²) in [6.07, 6.45) is 3.19. The molecule has 1 aliphatic heterocycles. The Morgan fingerprint density at radius 1 is 1.14 bits per heavy atom. The Labute approximate surface area is 165 Å². The Hall–Kier alpha value is -2.22. The number of rotatable bonds is 4. The van der Waals surface area contributed by atoms with Gasteiger partial charge in [-0.3, -0.25) is 0 Å². The van der Waals surface area contributed by atoms with Crippen molar-refractivity contribution >= 4 is 21.1 Å². The maximum Gasteiger partial charge on any atom is 0.243 e. The van der Waals surface area contributed by atoms with Gasteiger partial charge in [0.25, 0.3) is 0 Å². The minimum absolute atomic E-state index is 0.0972. The molecule has 1 aromatic carbocycles. The fourth-order valence-electron chi connectivity index (χ4n) is 3.68. The Kier molecular flexibility index (Phi) is 4.99. The first-order valence-electron chi connectivity index (χ1n) is 9.70. The average molecular weight is 399 g/mol. The first kappa shape index (κ1) is 19.1. The van der Waals surface area contributed by atoms with Gasteiger partial charge >= 0.3 is 0 Å². The first-order chi connectivity index (χ1) is 13.4. The highest BCUT2D eigenvalue weighted by Gasteiger charge is 2.28. The highest BCUT2D eigenvalue weighted by Crippen LogP contribution is 2.31. The zero-order chi connectivity index (χ0) is 19.9. The molecule has 0 spiro atoms. The Bertz CT molecular complexity index is 1080. The number of hydrogen-bond acceptors (Lipinski definition) is 4. The molecule has 0 radical (unpaired) electrons. The maximum absolute atomic E-state index is 12.9. The number of sulfonamides is 1. The van der Waals surface area contributed by atoms with E-state index in [4.69, 9.17) is 5.73 Å². The number of nitrogens with one attached hydrogen (secondary N) is 1. The van der Waals surface area contributed by atoms with Crippen molar-refractivity contribution in [2.24, 2.45) is 5.73 Å². The van der Waals surface area contributed by atoms with Crippen LogP contribution >= 0.6 is 0 Å². The molecule has 1 saturated heterocycles. The molecule has 1 aliphatic rings. The van der Waals surface area contributed by atoms with E-state index in [-0.39, 0.29) is 6.04 Å². The second-order valence-corrected chi connectivity index (χ2v) is 9.70. The van der Waals surface area contributed by atoms with E-state index in [1.165, 1.54) is 4.31 Å². The molecule has 6 nitrogen and oxygen atoms in total. The summed E-state index contributed by atoms with van der Waals surface area (Å²) < 4.78 is 27.3. The minimum atomic E-state index is -3.47. The Morgan fingerprint density at radius 3 is 2.46 bits per heavy atom. The van der Waals surface area contributed by atoms with Gasteiger partial charge in [0.2, 0.25) is 10.0 Å². The molecular formula is C21H26N4O2S. The van der Waals surface area contributed by atoms with Crippen LogP contribution in [0.15, 0.2) is 47.5 Å². The average Bonchev–Trinajstić information content (AvgIpc) is 3.13. The second kappa shape index (κ2) is 7.31. The molecule has 28 heavy (non-hydrogen) atoms. The topological polar surface area (TPSA) is 92.1 Å². The molecule has 0 aliphatic carbocycles. The molecule has 3 N–H and O–H groups in total. The Balaban J connectivity index is 1.66. The highest BCUT2D eigenvalue weighted by atomic mass is 32.2. The van der Waals surface area contributed by atoms with Gasteiger partial charge < -0.3 is 10.7 Å². The normalized spacial score (nSPS) is 16.9. The van der Waals surface area contributed by atoms with Crippen LogP contribution in [0.1, 0.15) is 38.3 Å². The van der Waals surface area contributed by atoms with Gasteiger partial charge in [-0.05, 0) is 54.2 Å². The van der Waals surface area contributed by atoms with Gasteiger partial charge in [-0.25, -0.2) is 13.4 Å². The van der Waals surface area contributed by atoms with E-state index >= 15 is 0 Å². The van der Waals surface area contributed by atoms with Gasteiger partial charge in [0, 0.05) is 36.4 Å². The molecule has 0 saturated carbocycles. The summed E-state index contributed by atoms with van der Waals surface area (Å²) in [7, 11) is -3.47. The number of piperidine rings is 1. The van der Waals surface area contributed by atoms with Crippen molar-refractivity contribution in [1.29, 1.82) is 0 Å². The van der Waals surface area contributed by atoms with Crippen molar-refractivity contribution in [3.8, 4) is 11.1 Å². The third-order valence-corrected chi connectivity index (χ3v) is 7.39. The van der Waals surface area contributed by atoms with E-state index in [0.29, 0.717) is 36.7 Å². The predicted molar refractivity (Wildman–Crippen MR) is 112 cm³/mol. The molecule has 7 heteroatoms. The van der Waals surface area contributed by atoms with Crippen LogP contribution in [0.4, 0.5) is 0 Å². The predicted octanol–water partition coefficient (Wildman–Crippen LogP) is 3.47. The molecule has 4 rings (SSSR count). The van der Waals surface area contributed by atoms with Crippen molar-refractivity contribution < 1.29 is 8.42 Å². The van der Waals surface area contributed by atoms with Gasteiger partial charge in [0.1, 0.15) is 5.65 Å². The molecule has 148 valence electrons. The summed E-state index contributed by atoms with van der Waals surface area (Å²) in [5.41, 5.74) is 9.90. The van der Waals surface area contributed by atoms with Crippen LogP contribution in [-0.4, -0.2) is 41.8 Å². The summed E-state index contributed by atoms with van der Waals surface area (Å²) >= 11 is 0. The largest absolute Gasteiger partial charge is 0.343 e. The van der Waals surface area contributed by atoms with E-state index in [1.54, 1.807) is 18.3 Å². The number of nitrogens with two attached hydrogens (primary N) is 1. The number of aromatic amines is 1. The van der Waals surface area contributed by atoms with E-state index in [2.05, 4.69) is 29.9 Å². The number of benzene rings is 1. The number of H-pyrrole nitrogens is 1. The molecule has 3 heterocycles. The lowest BCUT2D eigenvalue weighted by molar-refractivity contribution is 0.320. The lowest BCUT2D eigenvalue weighted by Gasteiger charge is -2.29. The van der Waals surface area contributed by atoms with Crippen molar-refractivity contribution in [2.75, 3.05) is 13.1 Å². The van der Waals surface area contributed by atoms with E-state index < -0.39 is 10.0 Å². The zero-order valence-corrected chi connectivity index (χ0v) is 17.0. The second-order valence-electron chi connectivity index (χ2n) is 7.77. The van der Waals surface area contributed by atoms with Crippen molar-refractivity contribution in [1.82, 2.24) is 14.3 Å². The molecule has 0 unspecified atom stereocenters. The minimum Gasteiger partial charge on any atom is -0.343 e. The van der Waals surface area contributed by atoms with Crippen LogP contribution in [-0.2, 0) is 10.0 Å². The van der Waals surface area contributed by atoms with Crippen molar-refractivity contribution in [3.63, 3.8) is 0 Å². The van der Waals surface area contributed by atoms with Crippen LogP contribution in [0, 0.1) is 0 Å². The quantitative estimate of drug-likeness (QED) is 0.704.